The Morgan fingerprint density at radius 3 is 2.57 bits per heavy atom. The molecule has 0 spiro atoms. The van der Waals surface area contributed by atoms with E-state index in [1.165, 1.54) is 12.1 Å². The predicted octanol–water partition coefficient (Wildman–Crippen LogP) is 4.53. The monoisotopic (exact) mass is 290 g/mol. The normalized spacial score (nSPS) is 23.4. The highest BCUT2D eigenvalue weighted by molar-refractivity contribution is 5.65. The average Bonchev–Trinajstić information content (AvgIpc) is 3.08. The minimum Gasteiger partial charge on any atom is -0.166 e. The van der Waals surface area contributed by atoms with E-state index in [4.69, 9.17) is 0 Å². The van der Waals surface area contributed by atoms with Crippen molar-refractivity contribution in [2.45, 2.75) is 37.3 Å². The summed E-state index contributed by atoms with van der Waals surface area (Å²) in [5.41, 5.74) is 1.90. The molecule has 1 aromatic carbocycles. The molecular weight excluding hydrogens is 277 g/mol. The van der Waals surface area contributed by atoms with Crippen molar-refractivity contribution in [1.29, 1.82) is 0 Å². The van der Waals surface area contributed by atoms with E-state index in [1.807, 2.05) is 6.07 Å². The van der Waals surface area contributed by atoms with E-state index in [2.05, 4.69) is 10.2 Å². The first-order chi connectivity index (χ1) is 10.0. The molecule has 2 aromatic rings. The summed E-state index contributed by atoms with van der Waals surface area (Å²) in [5, 5.41) is 8.29. The van der Waals surface area contributed by atoms with Gasteiger partial charge in [-0.15, -0.1) is 0 Å². The van der Waals surface area contributed by atoms with Crippen molar-refractivity contribution in [2.75, 3.05) is 0 Å². The second kappa shape index (κ2) is 4.29. The van der Waals surface area contributed by atoms with Gasteiger partial charge in [-0.25, -0.2) is 0 Å². The molecule has 2 aliphatic rings. The summed E-state index contributed by atoms with van der Waals surface area (Å²) in [6, 6.07) is 7.38. The Bertz CT molecular complexity index is 709. The molecular formula is C16H13F3N2. The molecule has 4 rings (SSSR count). The number of nitrogens with zero attached hydrogens (tertiary/aromatic N) is 2. The summed E-state index contributed by atoms with van der Waals surface area (Å²) in [7, 11) is 0. The highest BCUT2D eigenvalue weighted by Gasteiger charge is 2.39. The lowest BCUT2D eigenvalue weighted by molar-refractivity contribution is -0.137. The van der Waals surface area contributed by atoms with Gasteiger partial charge in [-0.05, 0) is 42.9 Å². The van der Waals surface area contributed by atoms with Crippen molar-refractivity contribution in [2.24, 2.45) is 0 Å². The van der Waals surface area contributed by atoms with Gasteiger partial charge in [0.15, 0.2) is 0 Å². The van der Waals surface area contributed by atoms with Gasteiger partial charge >= 0.3 is 6.18 Å². The van der Waals surface area contributed by atoms with Gasteiger partial charge in [0.1, 0.15) is 0 Å². The molecule has 0 N–H and O–H groups in total. The number of hydrogen-bond acceptors (Lipinski definition) is 2. The van der Waals surface area contributed by atoms with Gasteiger partial charge in [-0.2, -0.15) is 23.4 Å². The van der Waals surface area contributed by atoms with Crippen LogP contribution in [0.5, 0.6) is 0 Å². The first-order valence-corrected chi connectivity index (χ1v) is 7.08. The van der Waals surface area contributed by atoms with Crippen molar-refractivity contribution in [1.82, 2.24) is 10.2 Å². The summed E-state index contributed by atoms with van der Waals surface area (Å²) in [6.07, 6.45) is -1.06. The lowest BCUT2D eigenvalue weighted by Gasteiger charge is -2.16. The number of halogens is 3. The Balaban J connectivity index is 1.84. The minimum atomic E-state index is -4.38. The van der Waals surface area contributed by atoms with Gasteiger partial charge in [-0.3, -0.25) is 0 Å². The van der Waals surface area contributed by atoms with Crippen molar-refractivity contribution < 1.29 is 13.2 Å². The Hall–Kier alpha value is -1.91. The molecule has 2 atom stereocenters. The summed E-state index contributed by atoms with van der Waals surface area (Å²) in [4.78, 5) is 0. The summed E-state index contributed by atoms with van der Waals surface area (Å²) < 4.78 is 39.3. The number of benzene rings is 1. The number of hydrogen-bond donors (Lipinski definition) is 0. The molecule has 2 nitrogen and oxygen atoms in total. The quantitative estimate of drug-likeness (QED) is 0.771. The van der Waals surface area contributed by atoms with Crippen molar-refractivity contribution in [3.8, 4) is 11.3 Å². The maximum Gasteiger partial charge on any atom is 0.417 e. The first kappa shape index (κ1) is 12.8. The van der Waals surface area contributed by atoms with Crippen molar-refractivity contribution in [3.05, 3.63) is 47.2 Å². The number of fused-ring (bicyclic) bond motifs is 5. The summed E-state index contributed by atoms with van der Waals surface area (Å²) >= 11 is 0. The zero-order chi connectivity index (χ0) is 14.6. The van der Waals surface area contributed by atoms with E-state index in [-0.39, 0.29) is 5.56 Å². The molecule has 5 heteroatoms. The maximum absolute atomic E-state index is 13.1. The molecule has 0 amide bonds. The molecule has 1 heterocycles. The second-order valence-corrected chi connectivity index (χ2v) is 5.82. The standard InChI is InChI=1S/C16H13F3N2/c17-16(18,19)13-4-2-1-3-11(13)14-8-12-9-5-6-10(7-9)15(12)21-20-14/h1-4,8-10H,5-7H2. The smallest absolute Gasteiger partial charge is 0.166 e. The van der Waals surface area contributed by atoms with E-state index >= 15 is 0 Å². The number of alkyl halides is 3. The van der Waals surface area contributed by atoms with Crippen LogP contribution in [-0.4, -0.2) is 10.2 Å². The third-order valence-corrected chi connectivity index (χ3v) is 4.62. The van der Waals surface area contributed by atoms with Crippen LogP contribution in [0, 0.1) is 0 Å². The van der Waals surface area contributed by atoms with E-state index in [9.17, 15) is 13.2 Å². The van der Waals surface area contributed by atoms with Crippen molar-refractivity contribution in [3.63, 3.8) is 0 Å². The SMILES string of the molecule is FC(F)(F)c1ccccc1-c1cc2c(nn1)C1CCC2C1. The fraction of sp³-hybridized carbons (Fsp3) is 0.375. The maximum atomic E-state index is 13.1. The van der Waals surface area contributed by atoms with Crippen LogP contribution in [0.25, 0.3) is 11.3 Å². The van der Waals surface area contributed by atoms with Crippen LogP contribution >= 0.6 is 0 Å². The fourth-order valence-corrected chi connectivity index (χ4v) is 3.66. The van der Waals surface area contributed by atoms with Gasteiger partial charge in [-0.1, -0.05) is 18.2 Å². The fourth-order valence-electron chi connectivity index (χ4n) is 3.66. The van der Waals surface area contributed by atoms with Crippen LogP contribution in [0.2, 0.25) is 0 Å². The molecule has 2 unspecified atom stereocenters. The second-order valence-electron chi connectivity index (χ2n) is 5.82. The van der Waals surface area contributed by atoms with Gasteiger partial charge in [0.25, 0.3) is 0 Å². The summed E-state index contributed by atoms with van der Waals surface area (Å²) in [5.74, 6) is 0.918. The molecule has 1 aromatic heterocycles. The topological polar surface area (TPSA) is 25.8 Å². The molecule has 2 aliphatic carbocycles. The number of rotatable bonds is 1. The largest absolute Gasteiger partial charge is 0.417 e. The van der Waals surface area contributed by atoms with E-state index < -0.39 is 11.7 Å². The van der Waals surface area contributed by atoms with Gasteiger partial charge in [0, 0.05) is 11.5 Å². The predicted molar refractivity (Wildman–Crippen MR) is 71.8 cm³/mol. The van der Waals surface area contributed by atoms with Crippen LogP contribution in [-0.2, 0) is 6.18 Å². The van der Waals surface area contributed by atoms with E-state index in [0.29, 0.717) is 17.5 Å². The highest BCUT2D eigenvalue weighted by Crippen LogP contribution is 2.52. The first-order valence-electron chi connectivity index (χ1n) is 7.08. The van der Waals surface area contributed by atoms with Gasteiger partial charge < -0.3 is 0 Å². The molecule has 1 saturated carbocycles. The Morgan fingerprint density at radius 2 is 1.76 bits per heavy atom. The Labute approximate surface area is 120 Å². The molecule has 21 heavy (non-hydrogen) atoms. The molecule has 0 radical (unpaired) electrons. The molecule has 0 aliphatic heterocycles. The summed E-state index contributed by atoms with van der Waals surface area (Å²) in [6.45, 7) is 0. The van der Waals surface area contributed by atoms with Gasteiger partial charge in [0.2, 0.25) is 0 Å². The lowest BCUT2D eigenvalue weighted by Crippen LogP contribution is -2.09. The van der Waals surface area contributed by atoms with Crippen LogP contribution < -0.4 is 0 Å². The lowest BCUT2D eigenvalue weighted by atomic mass is 9.94. The average molecular weight is 290 g/mol. The minimum absolute atomic E-state index is 0.114. The van der Waals surface area contributed by atoms with Crippen LogP contribution in [0.1, 0.15) is 47.9 Å². The van der Waals surface area contributed by atoms with Crippen molar-refractivity contribution >= 4 is 0 Å². The molecule has 0 saturated heterocycles. The Morgan fingerprint density at radius 1 is 1.00 bits per heavy atom. The highest BCUT2D eigenvalue weighted by atomic mass is 19.4. The van der Waals surface area contributed by atoms with Gasteiger partial charge in [0.05, 0.1) is 17.0 Å². The van der Waals surface area contributed by atoms with Crippen LogP contribution in [0.3, 0.4) is 0 Å². The zero-order valence-electron chi connectivity index (χ0n) is 11.2. The van der Waals surface area contributed by atoms with E-state index in [1.54, 1.807) is 6.07 Å². The molecule has 2 bridgehead atoms. The Kier molecular flexibility index (Phi) is 2.62. The third kappa shape index (κ3) is 1.94. The molecule has 1 fully saturated rings. The third-order valence-electron chi connectivity index (χ3n) is 4.62. The van der Waals surface area contributed by atoms with E-state index in [0.717, 1.165) is 36.6 Å². The van der Waals surface area contributed by atoms with Crippen LogP contribution in [0.15, 0.2) is 30.3 Å². The number of aromatic nitrogens is 2. The molecule has 108 valence electrons. The van der Waals surface area contributed by atoms with Crippen LogP contribution in [0.4, 0.5) is 13.2 Å². The zero-order valence-corrected chi connectivity index (χ0v) is 11.2.